The average molecular weight is 274 g/mol. The van der Waals surface area contributed by atoms with Gasteiger partial charge >= 0.3 is 0 Å². The van der Waals surface area contributed by atoms with Crippen molar-refractivity contribution >= 4 is 0 Å². The lowest BCUT2D eigenvalue weighted by atomic mass is 10.2. The summed E-state index contributed by atoms with van der Waals surface area (Å²) in [5, 5.41) is 8.30. The fraction of sp³-hybridized carbons (Fsp3) is 0.467. The van der Waals surface area contributed by atoms with Gasteiger partial charge in [0.05, 0.1) is 23.7 Å². The van der Waals surface area contributed by atoms with E-state index in [2.05, 4.69) is 24.2 Å². The molecule has 1 aromatic carbocycles. The number of hydrogen-bond donors (Lipinski definition) is 1. The number of benzene rings is 1. The normalized spacial score (nSPS) is 12.3. The number of nitrogens with two attached hydrogens (primary N) is 1. The van der Waals surface area contributed by atoms with Crippen molar-refractivity contribution in [3.63, 3.8) is 0 Å². The zero-order valence-corrected chi connectivity index (χ0v) is 12.1. The van der Waals surface area contributed by atoms with Crippen LogP contribution in [-0.2, 0) is 6.42 Å². The van der Waals surface area contributed by atoms with Crippen molar-refractivity contribution in [1.82, 2.24) is 15.0 Å². The molecule has 2 rings (SSSR count). The first-order chi connectivity index (χ1) is 9.72. The lowest BCUT2D eigenvalue weighted by Crippen LogP contribution is -2.09. The number of aromatic nitrogens is 3. The predicted octanol–water partition coefficient (Wildman–Crippen LogP) is 2.34. The van der Waals surface area contributed by atoms with Crippen LogP contribution in [0.25, 0.3) is 5.69 Å². The highest BCUT2D eigenvalue weighted by Gasteiger charge is 2.05. The minimum absolute atomic E-state index is 0.209. The van der Waals surface area contributed by atoms with Crippen molar-refractivity contribution < 1.29 is 4.74 Å². The molecule has 0 bridgehead atoms. The fourth-order valence-electron chi connectivity index (χ4n) is 1.84. The van der Waals surface area contributed by atoms with E-state index in [1.165, 1.54) is 0 Å². The van der Waals surface area contributed by atoms with E-state index >= 15 is 0 Å². The van der Waals surface area contributed by atoms with Gasteiger partial charge in [0.1, 0.15) is 5.75 Å². The van der Waals surface area contributed by atoms with Gasteiger partial charge in [-0.3, -0.25) is 0 Å². The van der Waals surface area contributed by atoms with E-state index in [0.717, 1.165) is 36.4 Å². The maximum absolute atomic E-state index is 5.82. The van der Waals surface area contributed by atoms with Crippen molar-refractivity contribution in [1.29, 1.82) is 0 Å². The van der Waals surface area contributed by atoms with Crippen molar-refractivity contribution in [2.45, 2.75) is 39.2 Å². The second-order valence-corrected chi connectivity index (χ2v) is 4.88. The Kier molecular flexibility index (Phi) is 5.12. The maximum Gasteiger partial charge on any atom is 0.121 e. The highest BCUT2D eigenvalue weighted by atomic mass is 16.5. The van der Waals surface area contributed by atoms with Crippen LogP contribution in [0, 0.1) is 0 Å². The Morgan fingerprint density at radius 2 is 2.25 bits per heavy atom. The molecule has 0 spiro atoms. The van der Waals surface area contributed by atoms with Gasteiger partial charge in [-0.1, -0.05) is 18.2 Å². The molecule has 0 fully saturated rings. The van der Waals surface area contributed by atoms with Gasteiger partial charge in [0.25, 0.3) is 0 Å². The summed E-state index contributed by atoms with van der Waals surface area (Å²) in [7, 11) is 0. The molecule has 0 aliphatic carbocycles. The zero-order chi connectivity index (χ0) is 14.4. The first-order valence-electron chi connectivity index (χ1n) is 7.11. The van der Waals surface area contributed by atoms with Gasteiger partial charge < -0.3 is 10.5 Å². The molecule has 2 N–H and O–H groups in total. The van der Waals surface area contributed by atoms with E-state index in [0.29, 0.717) is 6.54 Å². The molecule has 108 valence electrons. The minimum Gasteiger partial charge on any atom is -0.491 e. The molecular formula is C15H22N4O. The summed E-state index contributed by atoms with van der Waals surface area (Å²) in [5.74, 6) is 0.857. The van der Waals surface area contributed by atoms with Crippen LogP contribution in [0.1, 0.15) is 32.4 Å². The first-order valence-corrected chi connectivity index (χ1v) is 7.11. The third-order valence-corrected chi connectivity index (χ3v) is 3.17. The number of ether oxygens (including phenoxy) is 1. The van der Waals surface area contributed by atoms with Gasteiger partial charge in [-0.15, -0.1) is 5.10 Å². The Balaban J connectivity index is 2.11. The standard InChI is InChI=1S/C15H22N4O/c1-3-12(2)20-15-8-4-7-14(10-15)19-11-13(17-18-19)6-5-9-16/h4,7-8,10-12H,3,5-6,9,16H2,1-2H3. The Labute approximate surface area is 119 Å². The quantitative estimate of drug-likeness (QED) is 0.841. The summed E-state index contributed by atoms with van der Waals surface area (Å²) in [5.41, 5.74) is 7.42. The Bertz CT molecular complexity index is 538. The molecule has 0 aliphatic heterocycles. The van der Waals surface area contributed by atoms with E-state index in [4.69, 9.17) is 10.5 Å². The molecule has 1 unspecified atom stereocenters. The molecule has 1 heterocycles. The van der Waals surface area contributed by atoms with Crippen molar-refractivity contribution in [2.75, 3.05) is 6.54 Å². The maximum atomic E-state index is 5.82. The number of rotatable bonds is 7. The van der Waals surface area contributed by atoms with E-state index < -0.39 is 0 Å². The summed E-state index contributed by atoms with van der Waals surface area (Å²) < 4.78 is 7.59. The molecule has 0 saturated heterocycles. The summed E-state index contributed by atoms with van der Waals surface area (Å²) >= 11 is 0. The summed E-state index contributed by atoms with van der Waals surface area (Å²) in [4.78, 5) is 0. The molecule has 0 aliphatic rings. The second-order valence-electron chi connectivity index (χ2n) is 4.88. The number of aryl methyl sites for hydroxylation is 1. The van der Waals surface area contributed by atoms with Gasteiger partial charge in [0.2, 0.25) is 0 Å². The van der Waals surface area contributed by atoms with Gasteiger partial charge in [0, 0.05) is 6.07 Å². The monoisotopic (exact) mass is 274 g/mol. The van der Waals surface area contributed by atoms with Crippen molar-refractivity contribution in [2.24, 2.45) is 5.73 Å². The zero-order valence-electron chi connectivity index (χ0n) is 12.1. The molecule has 2 aromatic rings. The third kappa shape index (κ3) is 3.81. The molecule has 0 amide bonds. The molecule has 20 heavy (non-hydrogen) atoms. The first kappa shape index (κ1) is 14.5. The number of nitrogens with zero attached hydrogens (tertiary/aromatic N) is 3. The second kappa shape index (κ2) is 7.05. The summed E-state index contributed by atoms with van der Waals surface area (Å²) in [6, 6.07) is 7.90. The Morgan fingerprint density at radius 3 is 3.00 bits per heavy atom. The van der Waals surface area contributed by atoms with E-state index in [-0.39, 0.29) is 6.10 Å². The average Bonchev–Trinajstić information content (AvgIpc) is 2.94. The highest BCUT2D eigenvalue weighted by molar-refractivity contribution is 5.38. The summed E-state index contributed by atoms with van der Waals surface area (Å²) in [6.07, 6.45) is 4.92. The van der Waals surface area contributed by atoms with Gasteiger partial charge in [0.15, 0.2) is 0 Å². The van der Waals surface area contributed by atoms with Crippen LogP contribution in [0.2, 0.25) is 0 Å². The minimum atomic E-state index is 0.209. The molecule has 5 heteroatoms. The molecule has 5 nitrogen and oxygen atoms in total. The lowest BCUT2D eigenvalue weighted by Gasteiger charge is -2.13. The topological polar surface area (TPSA) is 66.0 Å². The van der Waals surface area contributed by atoms with Crippen LogP contribution >= 0.6 is 0 Å². The van der Waals surface area contributed by atoms with Gasteiger partial charge in [-0.25, -0.2) is 4.68 Å². The van der Waals surface area contributed by atoms with E-state index in [1.807, 2.05) is 30.5 Å². The molecule has 1 atom stereocenters. The van der Waals surface area contributed by atoms with Crippen LogP contribution in [0.4, 0.5) is 0 Å². The molecule has 0 saturated carbocycles. The highest BCUT2D eigenvalue weighted by Crippen LogP contribution is 2.18. The van der Waals surface area contributed by atoms with Gasteiger partial charge in [-0.2, -0.15) is 0 Å². The van der Waals surface area contributed by atoms with Crippen LogP contribution in [0.5, 0.6) is 5.75 Å². The lowest BCUT2D eigenvalue weighted by molar-refractivity contribution is 0.217. The van der Waals surface area contributed by atoms with E-state index in [1.54, 1.807) is 4.68 Å². The molecule has 1 aromatic heterocycles. The van der Waals surface area contributed by atoms with Crippen LogP contribution in [0.15, 0.2) is 30.5 Å². The van der Waals surface area contributed by atoms with Gasteiger partial charge in [-0.05, 0) is 44.9 Å². The largest absolute Gasteiger partial charge is 0.491 e. The smallest absolute Gasteiger partial charge is 0.121 e. The van der Waals surface area contributed by atoms with Crippen molar-refractivity contribution in [3.8, 4) is 11.4 Å². The van der Waals surface area contributed by atoms with Crippen LogP contribution < -0.4 is 10.5 Å². The van der Waals surface area contributed by atoms with Crippen LogP contribution in [0.3, 0.4) is 0 Å². The van der Waals surface area contributed by atoms with Crippen molar-refractivity contribution in [3.05, 3.63) is 36.2 Å². The van der Waals surface area contributed by atoms with Crippen LogP contribution in [-0.4, -0.2) is 27.6 Å². The summed E-state index contributed by atoms with van der Waals surface area (Å²) in [6.45, 7) is 4.84. The Morgan fingerprint density at radius 1 is 1.40 bits per heavy atom. The Hall–Kier alpha value is -1.88. The number of hydrogen-bond acceptors (Lipinski definition) is 4. The van der Waals surface area contributed by atoms with E-state index in [9.17, 15) is 0 Å². The fourth-order valence-corrected chi connectivity index (χ4v) is 1.84. The third-order valence-electron chi connectivity index (χ3n) is 3.17. The molecule has 0 radical (unpaired) electrons. The predicted molar refractivity (Wildman–Crippen MR) is 79.1 cm³/mol. The molecular weight excluding hydrogens is 252 g/mol. The SMILES string of the molecule is CCC(C)Oc1cccc(-n2cc(CCCN)nn2)c1.